The van der Waals surface area contributed by atoms with Gasteiger partial charge in [-0.1, -0.05) is 18.5 Å². The standard InChI is InChI=1S/C12H15BrClFN2O2S.ClH/c1-7-6-16-3-2-11(7)17-20(18,19)12-5-9(14)8(13)4-10(12)15;/h4-5,7,11,16-17H,2-3,6H2,1H3;1H. The molecule has 2 rings (SSSR count). The third-order valence-corrected chi connectivity index (χ3v) is 6.06. The number of piperidine rings is 1. The lowest BCUT2D eigenvalue weighted by Gasteiger charge is -2.30. The van der Waals surface area contributed by atoms with Crippen molar-refractivity contribution in [1.82, 2.24) is 10.0 Å². The minimum Gasteiger partial charge on any atom is -0.316 e. The topological polar surface area (TPSA) is 58.2 Å². The Morgan fingerprint density at radius 2 is 2.14 bits per heavy atom. The van der Waals surface area contributed by atoms with E-state index in [1.807, 2.05) is 6.92 Å². The summed E-state index contributed by atoms with van der Waals surface area (Å²) in [5.41, 5.74) is 0. The molecule has 1 aromatic carbocycles. The van der Waals surface area contributed by atoms with E-state index in [-0.39, 0.29) is 29.4 Å². The monoisotopic (exact) mass is 420 g/mol. The first-order valence-corrected chi connectivity index (χ1v) is 8.84. The summed E-state index contributed by atoms with van der Waals surface area (Å²) < 4.78 is 41.3. The average molecular weight is 422 g/mol. The van der Waals surface area contributed by atoms with E-state index in [2.05, 4.69) is 26.0 Å². The second-order valence-corrected chi connectivity index (χ2v) is 7.84. The Bertz CT molecular complexity index is 616. The predicted molar refractivity (Wildman–Crippen MR) is 87.1 cm³/mol. The predicted octanol–water partition coefficient (Wildman–Crippen LogP) is 2.94. The van der Waals surface area contributed by atoms with Gasteiger partial charge in [-0.2, -0.15) is 0 Å². The molecule has 2 unspecified atom stereocenters. The molecule has 0 bridgehead atoms. The zero-order valence-electron chi connectivity index (χ0n) is 11.2. The highest BCUT2D eigenvalue weighted by atomic mass is 79.9. The van der Waals surface area contributed by atoms with Crippen molar-refractivity contribution in [3.05, 3.63) is 27.4 Å². The van der Waals surface area contributed by atoms with Crippen LogP contribution in [0.3, 0.4) is 0 Å². The molecule has 21 heavy (non-hydrogen) atoms. The molecule has 0 aliphatic carbocycles. The van der Waals surface area contributed by atoms with Crippen LogP contribution in [0.5, 0.6) is 0 Å². The van der Waals surface area contributed by atoms with Gasteiger partial charge in [0, 0.05) is 10.5 Å². The third kappa shape index (κ3) is 4.53. The van der Waals surface area contributed by atoms with Crippen LogP contribution in [0.2, 0.25) is 5.02 Å². The number of rotatable bonds is 3. The van der Waals surface area contributed by atoms with Gasteiger partial charge >= 0.3 is 0 Å². The summed E-state index contributed by atoms with van der Waals surface area (Å²) in [6.45, 7) is 3.42. The molecule has 1 aromatic rings. The van der Waals surface area contributed by atoms with Crippen molar-refractivity contribution < 1.29 is 12.8 Å². The number of sulfonamides is 1. The first-order chi connectivity index (χ1) is 9.31. The highest BCUT2D eigenvalue weighted by molar-refractivity contribution is 9.10. The molecule has 0 saturated carbocycles. The summed E-state index contributed by atoms with van der Waals surface area (Å²) >= 11 is 8.91. The van der Waals surface area contributed by atoms with E-state index in [9.17, 15) is 12.8 Å². The van der Waals surface area contributed by atoms with Crippen LogP contribution in [0.1, 0.15) is 13.3 Å². The van der Waals surface area contributed by atoms with E-state index in [1.165, 1.54) is 0 Å². The van der Waals surface area contributed by atoms with Crippen molar-refractivity contribution in [2.45, 2.75) is 24.3 Å². The Hall–Kier alpha value is 0.0800. The smallest absolute Gasteiger partial charge is 0.243 e. The van der Waals surface area contributed by atoms with Crippen LogP contribution in [-0.4, -0.2) is 27.5 Å². The number of hydrogen-bond acceptors (Lipinski definition) is 3. The van der Waals surface area contributed by atoms with Gasteiger partial charge in [-0.25, -0.2) is 17.5 Å². The first kappa shape index (κ1) is 19.1. The molecule has 0 aromatic heterocycles. The molecular formula is C12H16BrCl2FN2O2S. The molecule has 1 heterocycles. The number of nitrogens with one attached hydrogen (secondary N) is 2. The fraction of sp³-hybridized carbons (Fsp3) is 0.500. The molecule has 120 valence electrons. The summed E-state index contributed by atoms with van der Waals surface area (Å²) in [6.07, 6.45) is 0.673. The van der Waals surface area contributed by atoms with E-state index < -0.39 is 20.7 Å². The van der Waals surface area contributed by atoms with Gasteiger partial charge in [-0.15, -0.1) is 12.4 Å². The summed E-state index contributed by atoms with van der Waals surface area (Å²) in [5.74, 6) is -0.678. The van der Waals surface area contributed by atoms with Crippen molar-refractivity contribution in [1.29, 1.82) is 0 Å². The van der Waals surface area contributed by atoms with Gasteiger partial charge in [0.1, 0.15) is 10.7 Å². The van der Waals surface area contributed by atoms with E-state index in [4.69, 9.17) is 11.6 Å². The molecule has 1 aliphatic heterocycles. The van der Waals surface area contributed by atoms with E-state index in [1.54, 1.807) is 0 Å². The second kappa shape index (κ2) is 7.57. The average Bonchev–Trinajstić information content (AvgIpc) is 2.36. The maximum Gasteiger partial charge on any atom is 0.243 e. The lowest BCUT2D eigenvalue weighted by Crippen LogP contribution is -2.48. The lowest BCUT2D eigenvalue weighted by molar-refractivity contribution is 0.327. The minimum absolute atomic E-state index is 0. The van der Waals surface area contributed by atoms with Crippen molar-refractivity contribution in [3.63, 3.8) is 0 Å². The lowest BCUT2D eigenvalue weighted by atomic mass is 9.97. The van der Waals surface area contributed by atoms with Gasteiger partial charge in [0.05, 0.1) is 5.02 Å². The fourth-order valence-electron chi connectivity index (χ4n) is 2.16. The van der Waals surface area contributed by atoms with Gasteiger partial charge in [-0.3, -0.25) is 0 Å². The van der Waals surface area contributed by atoms with Crippen LogP contribution < -0.4 is 10.0 Å². The van der Waals surface area contributed by atoms with Crippen LogP contribution in [-0.2, 0) is 10.0 Å². The molecule has 1 saturated heterocycles. The SMILES string of the molecule is CC1CNCCC1NS(=O)(=O)c1cc(Cl)c(Br)cc1F.Cl. The second-order valence-electron chi connectivity index (χ2n) is 4.89. The summed E-state index contributed by atoms with van der Waals surface area (Å²) in [7, 11) is -3.92. The van der Waals surface area contributed by atoms with Crippen LogP contribution >= 0.6 is 39.9 Å². The van der Waals surface area contributed by atoms with Crippen molar-refractivity contribution in [3.8, 4) is 0 Å². The summed E-state index contributed by atoms with van der Waals surface area (Å²) in [6, 6.07) is 1.97. The Kier molecular flexibility index (Phi) is 6.89. The van der Waals surface area contributed by atoms with Crippen LogP contribution in [0.4, 0.5) is 4.39 Å². The Morgan fingerprint density at radius 3 is 2.76 bits per heavy atom. The maximum atomic E-state index is 13.9. The molecule has 1 aliphatic rings. The van der Waals surface area contributed by atoms with Gasteiger partial charge < -0.3 is 5.32 Å². The molecule has 0 amide bonds. The van der Waals surface area contributed by atoms with Crippen molar-refractivity contribution in [2.75, 3.05) is 13.1 Å². The summed E-state index contributed by atoms with van der Waals surface area (Å²) in [4.78, 5) is -0.420. The van der Waals surface area contributed by atoms with Crippen LogP contribution in [0, 0.1) is 11.7 Å². The van der Waals surface area contributed by atoms with Crippen molar-refractivity contribution in [2.24, 2.45) is 5.92 Å². The number of halogens is 4. The van der Waals surface area contributed by atoms with E-state index in [0.717, 1.165) is 25.2 Å². The van der Waals surface area contributed by atoms with Crippen molar-refractivity contribution >= 4 is 50.0 Å². The normalized spacial score (nSPS) is 22.7. The minimum atomic E-state index is -3.92. The van der Waals surface area contributed by atoms with Crippen LogP contribution in [0.25, 0.3) is 0 Å². The van der Waals surface area contributed by atoms with Crippen LogP contribution in [0.15, 0.2) is 21.5 Å². The Morgan fingerprint density at radius 1 is 1.48 bits per heavy atom. The highest BCUT2D eigenvalue weighted by Crippen LogP contribution is 2.28. The molecule has 1 fully saturated rings. The zero-order valence-corrected chi connectivity index (χ0v) is 15.2. The first-order valence-electron chi connectivity index (χ1n) is 6.19. The number of benzene rings is 1. The maximum absolute atomic E-state index is 13.9. The number of hydrogen-bond donors (Lipinski definition) is 2. The third-order valence-electron chi connectivity index (χ3n) is 3.36. The van der Waals surface area contributed by atoms with Gasteiger partial charge in [0.25, 0.3) is 0 Å². The molecule has 2 atom stereocenters. The van der Waals surface area contributed by atoms with Gasteiger partial charge in [-0.05, 0) is 53.5 Å². The zero-order chi connectivity index (χ0) is 14.9. The molecular weight excluding hydrogens is 406 g/mol. The molecule has 9 heteroatoms. The van der Waals surface area contributed by atoms with E-state index in [0.29, 0.717) is 10.9 Å². The molecule has 0 radical (unpaired) electrons. The Balaban J connectivity index is 0.00000220. The van der Waals surface area contributed by atoms with E-state index >= 15 is 0 Å². The van der Waals surface area contributed by atoms with Gasteiger partial charge in [0.15, 0.2) is 0 Å². The molecule has 4 nitrogen and oxygen atoms in total. The van der Waals surface area contributed by atoms with Gasteiger partial charge in [0.2, 0.25) is 10.0 Å². The quantitative estimate of drug-likeness (QED) is 0.737. The highest BCUT2D eigenvalue weighted by Gasteiger charge is 2.28. The Labute approximate surface area is 143 Å². The fourth-order valence-corrected chi connectivity index (χ4v) is 4.17. The summed E-state index contributed by atoms with van der Waals surface area (Å²) in [5, 5.41) is 3.34. The molecule has 0 spiro atoms. The largest absolute Gasteiger partial charge is 0.316 e. The molecule has 2 N–H and O–H groups in total.